The molecule has 0 unspecified atom stereocenters. The highest BCUT2D eigenvalue weighted by Gasteiger charge is 2.24. The number of nitrogens with one attached hydrogen (secondary N) is 2. The zero-order valence-electron chi connectivity index (χ0n) is 12.5. The fraction of sp³-hybridized carbons (Fsp3) is 0.294. The lowest BCUT2D eigenvalue weighted by atomic mass is 9.91. The smallest absolute Gasteiger partial charge is 0.176 e. The van der Waals surface area contributed by atoms with Crippen LogP contribution in [0.3, 0.4) is 0 Å². The first kappa shape index (κ1) is 12.0. The van der Waals surface area contributed by atoms with E-state index < -0.39 is 0 Å². The van der Waals surface area contributed by atoms with Gasteiger partial charge in [-0.2, -0.15) is 5.10 Å². The van der Waals surface area contributed by atoms with E-state index in [1.165, 1.54) is 32.9 Å². The molecule has 5 nitrogen and oxygen atoms in total. The molecular formula is C17H17N5. The number of nitrogens with zero attached hydrogens (tertiary/aromatic N) is 3. The molecule has 3 aliphatic carbocycles. The minimum absolute atomic E-state index is 0.807. The van der Waals surface area contributed by atoms with Crippen LogP contribution in [-0.2, 0) is 13.0 Å². The maximum Gasteiger partial charge on any atom is 0.176 e. The molecule has 0 saturated carbocycles. The van der Waals surface area contributed by atoms with Crippen molar-refractivity contribution < 1.29 is 0 Å². The number of rotatable bonds is 1. The van der Waals surface area contributed by atoms with E-state index in [-0.39, 0.29) is 0 Å². The average molecular weight is 291 g/mol. The van der Waals surface area contributed by atoms with Gasteiger partial charge in [0.25, 0.3) is 0 Å². The summed E-state index contributed by atoms with van der Waals surface area (Å²) in [6.07, 6.45) is 11.6. The molecule has 2 N–H and O–H groups in total. The Labute approximate surface area is 126 Å². The standard InChI is InChI=1S/C17H17N5/c1-2-22-17-16(20-19-9-18-17)13-7-6-12-11-5-3-4-10(11)8-14(21-22)15(12)13/h3,5,7,9,20H,2,4,6,8H2,1H3,(H,18,19). The molecular weight excluding hydrogens is 274 g/mol. The second-order valence-electron chi connectivity index (χ2n) is 5.96. The molecule has 2 aliphatic heterocycles. The van der Waals surface area contributed by atoms with Gasteiger partial charge in [0.15, 0.2) is 5.48 Å². The number of fused-ring (bicyclic) bond motifs is 2. The Morgan fingerprint density at radius 3 is 3.18 bits per heavy atom. The van der Waals surface area contributed by atoms with Gasteiger partial charge in [0, 0.05) is 23.4 Å². The van der Waals surface area contributed by atoms with Crippen LogP contribution in [0.25, 0.3) is 11.6 Å². The average Bonchev–Trinajstić information content (AvgIpc) is 3.15. The predicted molar refractivity (Wildman–Crippen MR) is 83.6 cm³/mol. The fourth-order valence-corrected chi connectivity index (χ4v) is 3.89. The van der Waals surface area contributed by atoms with Crippen LogP contribution in [0.15, 0.2) is 29.6 Å². The number of allylic oxidation sites excluding steroid dienone is 4. The van der Waals surface area contributed by atoms with Gasteiger partial charge in [-0.25, -0.2) is 9.67 Å². The van der Waals surface area contributed by atoms with E-state index in [0.717, 1.165) is 36.6 Å². The molecule has 0 amide bonds. The lowest BCUT2D eigenvalue weighted by molar-refractivity contribution is 0.589. The zero-order valence-corrected chi connectivity index (χ0v) is 12.5. The third-order valence-electron chi connectivity index (χ3n) is 4.83. The maximum absolute atomic E-state index is 4.95. The quantitative estimate of drug-likeness (QED) is 0.822. The van der Waals surface area contributed by atoms with E-state index in [2.05, 4.69) is 40.3 Å². The largest absolute Gasteiger partial charge is 0.296 e. The Hall–Kier alpha value is -2.56. The Bertz CT molecular complexity index is 1090. The molecule has 0 radical (unpaired) electrons. The Kier molecular flexibility index (Phi) is 2.31. The van der Waals surface area contributed by atoms with Crippen molar-refractivity contribution in [3.05, 3.63) is 56.6 Å². The van der Waals surface area contributed by atoms with Crippen molar-refractivity contribution in [3.8, 4) is 0 Å². The highest BCUT2D eigenvalue weighted by atomic mass is 15.3. The number of hydrogen-bond acceptors (Lipinski definition) is 2. The van der Waals surface area contributed by atoms with E-state index in [1.807, 2.05) is 4.68 Å². The number of aryl methyl sites for hydroxylation is 1. The number of H-pyrrole nitrogens is 2. The first-order valence-corrected chi connectivity index (χ1v) is 7.83. The topological polar surface area (TPSA) is 62.3 Å². The Balaban J connectivity index is 2.08. The molecule has 0 aromatic rings. The second kappa shape index (κ2) is 4.22. The Morgan fingerprint density at radius 1 is 1.32 bits per heavy atom. The van der Waals surface area contributed by atoms with Crippen molar-refractivity contribution in [2.45, 2.75) is 32.7 Å². The SMILES string of the molecule is CCn1nc2c3c(c4[nH][nH]cnc1=4)=CCC=3C1=C(CC=C1)C2. The van der Waals surface area contributed by atoms with E-state index in [9.17, 15) is 0 Å². The molecule has 0 saturated heterocycles. The van der Waals surface area contributed by atoms with Crippen LogP contribution in [-0.4, -0.2) is 25.0 Å². The van der Waals surface area contributed by atoms with Crippen LogP contribution in [0, 0.1) is 10.8 Å². The molecule has 22 heavy (non-hydrogen) atoms. The van der Waals surface area contributed by atoms with Gasteiger partial charge in [0.1, 0.15) is 11.7 Å². The van der Waals surface area contributed by atoms with Gasteiger partial charge in [-0.1, -0.05) is 23.8 Å². The summed E-state index contributed by atoms with van der Waals surface area (Å²) in [6, 6.07) is 0. The summed E-state index contributed by atoms with van der Waals surface area (Å²) < 4.78 is 2.01. The van der Waals surface area contributed by atoms with E-state index in [4.69, 9.17) is 5.10 Å². The molecule has 110 valence electrons. The van der Waals surface area contributed by atoms with E-state index in [0.29, 0.717) is 0 Å². The monoisotopic (exact) mass is 291 g/mol. The van der Waals surface area contributed by atoms with Crippen molar-refractivity contribution >= 4 is 11.6 Å². The fourth-order valence-electron chi connectivity index (χ4n) is 3.89. The van der Waals surface area contributed by atoms with Crippen LogP contribution in [0.2, 0.25) is 0 Å². The molecule has 0 atom stereocenters. The van der Waals surface area contributed by atoms with Gasteiger partial charge in [-0.05, 0) is 30.9 Å². The summed E-state index contributed by atoms with van der Waals surface area (Å²) in [5.74, 6) is 0. The van der Waals surface area contributed by atoms with Crippen molar-refractivity contribution in [1.82, 2.24) is 25.0 Å². The number of aromatic nitrogens is 5. The van der Waals surface area contributed by atoms with Crippen molar-refractivity contribution in [2.24, 2.45) is 0 Å². The first-order chi connectivity index (χ1) is 10.9. The summed E-state index contributed by atoms with van der Waals surface area (Å²) in [4.78, 5) is 4.52. The molecule has 2 heterocycles. The van der Waals surface area contributed by atoms with Crippen LogP contribution in [0.1, 0.15) is 25.5 Å². The third-order valence-corrected chi connectivity index (χ3v) is 4.83. The van der Waals surface area contributed by atoms with Gasteiger partial charge in [0.05, 0.1) is 5.69 Å². The summed E-state index contributed by atoms with van der Waals surface area (Å²) in [5.41, 5.74) is 6.48. The summed E-state index contributed by atoms with van der Waals surface area (Å²) in [6.45, 7) is 2.92. The van der Waals surface area contributed by atoms with Crippen LogP contribution >= 0.6 is 0 Å². The molecule has 5 heteroatoms. The van der Waals surface area contributed by atoms with Gasteiger partial charge in [-0.15, -0.1) is 0 Å². The van der Waals surface area contributed by atoms with Crippen molar-refractivity contribution in [3.63, 3.8) is 0 Å². The molecule has 0 aromatic carbocycles. The number of hydrogen-bond donors (Lipinski definition) is 2. The van der Waals surface area contributed by atoms with Crippen molar-refractivity contribution in [2.75, 3.05) is 0 Å². The summed E-state index contributed by atoms with van der Waals surface area (Å²) >= 11 is 0. The predicted octanol–water partition coefficient (Wildman–Crippen LogP) is 0.951. The molecule has 0 bridgehead atoms. The lowest BCUT2D eigenvalue weighted by Crippen LogP contribution is -2.31. The lowest BCUT2D eigenvalue weighted by Gasteiger charge is -2.14. The Morgan fingerprint density at radius 2 is 2.27 bits per heavy atom. The van der Waals surface area contributed by atoms with Gasteiger partial charge >= 0.3 is 0 Å². The second-order valence-corrected chi connectivity index (χ2v) is 5.96. The molecule has 0 fully saturated rings. The minimum Gasteiger partial charge on any atom is -0.296 e. The van der Waals surface area contributed by atoms with Gasteiger partial charge < -0.3 is 0 Å². The maximum atomic E-state index is 4.95. The van der Waals surface area contributed by atoms with E-state index in [1.54, 1.807) is 6.33 Å². The molecule has 5 rings (SSSR count). The van der Waals surface area contributed by atoms with Crippen LogP contribution in [0.5, 0.6) is 0 Å². The third kappa shape index (κ3) is 1.43. The highest BCUT2D eigenvalue weighted by molar-refractivity contribution is 5.79. The summed E-state index contributed by atoms with van der Waals surface area (Å²) in [5, 5.41) is 14.8. The minimum atomic E-state index is 0.807. The normalized spacial score (nSPS) is 17.8. The van der Waals surface area contributed by atoms with Crippen LogP contribution < -0.4 is 10.4 Å². The number of aromatic amines is 2. The molecule has 0 spiro atoms. The van der Waals surface area contributed by atoms with E-state index >= 15 is 0 Å². The van der Waals surface area contributed by atoms with Gasteiger partial charge in [-0.3, -0.25) is 10.2 Å². The van der Waals surface area contributed by atoms with Crippen molar-refractivity contribution in [1.29, 1.82) is 0 Å². The first-order valence-electron chi connectivity index (χ1n) is 7.83. The highest BCUT2D eigenvalue weighted by Crippen LogP contribution is 2.32. The van der Waals surface area contributed by atoms with Gasteiger partial charge in [0.2, 0.25) is 0 Å². The summed E-state index contributed by atoms with van der Waals surface area (Å²) in [7, 11) is 0. The van der Waals surface area contributed by atoms with Crippen LogP contribution in [0.4, 0.5) is 0 Å². The molecule has 0 aromatic heterocycles. The molecule has 5 aliphatic rings. The zero-order chi connectivity index (χ0) is 14.7.